The summed E-state index contributed by atoms with van der Waals surface area (Å²) in [5.74, 6) is 0.550. The number of carbonyl (C=O) groups is 1. The van der Waals surface area contributed by atoms with Crippen molar-refractivity contribution >= 4 is 5.78 Å². The molecule has 0 radical (unpaired) electrons. The number of ketones is 1. The van der Waals surface area contributed by atoms with E-state index in [0.29, 0.717) is 17.9 Å². The molecule has 2 atom stereocenters. The summed E-state index contributed by atoms with van der Waals surface area (Å²) < 4.78 is 0. The van der Waals surface area contributed by atoms with Crippen LogP contribution in [0.5, 0.6) is 0 Å². The smallest absolute Gasteiger partial charge is 0.166 e. The lowest BCUT2D eigenvalue weighted by Crippen LogP contribution is -2.42. The average molecular weight is 258 g/mol. The van der Waals surface area contributed by atoms with Gasteiger partial charge in [-0.2, -0.15) is 0 Å². The van der Waals surface area contributed by atoms with Gasteiger partial charge < -0.3 is 4.90 Å². The molecule has 2 fully saturated rings. The zero-order valence-electron chi connectivity index (χ0n) is 12.0. The number of nitrogens with zero attached hydrogens (tertiary/aromatic N) is 2. The topological polar surface area (TPSA) is 33.2 Å². The minimum atomic E-state index is 0.217. The van der Waals surface area contributed by atoms with Gasteiger partial charge in [0, 0.05) is 35.0 Å². The van der Waals surface area contributed by atoms with Crippen molar-refractivity contribution in [2.24, 2.45) is 5.92 Å². The Morgan fingerprint density at radius 1 is 1.16 bits per heavy atom. The number of rotatable bonds is 2. The number of carbonyl (C=O) groups excluding carboxylic acids is 1. The lowest BCUT2D eigenvalue weighted by molar-refractivity contribution is 0.0767. The standard InChI is InChI=1S/C16H22N2O/c1-10-6-12(7-11(2)17-10)16(19)13-8-14-4-5-15(9-13)18(14)3/h6-7,13-15H,4-5,8-9H2,1-3H3. The van der Waals surface area contributed by atoms with Crippen LogP contribution < -0.4 is 0 Å². The first-order valence-electron chi connectivity index (χ1n) is 7.26. The number of hydrogen-bond acceptors (Lipinski definition) is 3. The molecule has 0 N–H and O–H groups in total. The van der Waals surface area contributed by atoms with Crippen molar-refractivity contribution in [3.05, 3.63) is 29.1 Å². The van der Waals surface area contributed by atoms with Crippen LogP contribution in [0.1, 0.15) is 47.4 Å². The summed E-state index contributed by atoms with van der Waals surface area (Å²) in [5, 5.41) is 0. The number of hydrogen-bond donors (Lipinski definition) is 0. The predicted octanol–water partition coefficient (Wildman–Crippen LogP) is 2.75. The van der Waals surface area contributed by atoms with Gasteiger partial charge in [0.2, 0.25) is 0 Å². The van der Waals surface area contributed by atoms with Crippen molar-refractivity contribution < 1.29 is 4.79 Å². The fraction of sp³-hybridized carbons (Fsp3) is 0.625. The monoisotopic (exact) mass is 258 g/mol. The van der Waals surface area contributed by atoms with E-state index in [2.05, 4.69) is 16.9 Å². The van der Waals surface area contributed by atoms with Gasteiger partial charge in [-0.25, -0.2) is 0 Å². The van der Waals surface area contributed by atoms with Gasteiger partial charge in [-0.15, -0.1) is 0 Å². The number of aryl methyl sites for hydroxylation is 2. The molecule has 1 aromatic rings. The van der Waals surface area contributed by atoms with Crippen molar-refractivity contribution in [3.63, 3.8) is 0 Å². The number of piperidine rings is 1. The highest BCUT2D eigenvalue weighted by atomic mass is 16.1. The normalized spacial score (nSPS) is 30.6. The lowest BCUT2D eigenvalue weighted by Gasteiger charge is -2.35. The third-order valence-corrected chi connectivity index (χ3v) is 4.84. The highest BCUT2D eigenvalue weighted by molar-refractivity contribution is 5.98. The molecular formula is C16H22N2O. The quantitative estimate of drug-likeness (QED) is 0.765. The maximum atomic E-state index is 12.7. The molecular weight excluding hydrogens is 236 g/mol. The second-order valence-corrected chi connectivity index (χ2v) is 6.22. The Labute approximate surface area is 115 Å². The van der Waals surface area contributed by atoms with Gasteiger partial charge in [0.15, 0.2) is 5.78 Å². The Balaban J connectivity index is 1.81. The van der Waals surface area contributed by atoms with Gasteiger partial charge in [0.05, 0.1) is 0 Å². The van der Waals surface area contributed by atoms with Gasteiger partial charge in [-0.1, -0.05) is 0 Å². The second kappa shape index (κ2) is 4.71. The van der Waals surface area contributed by atoms with Crippen LogP contribution in [-0.2, 0) is 0 Å². The first-order valence-corrected chi connectivity index (χ1v) is 7.26. The average Bonchev–Trinajstić information content (AvgIpc) is 2.60. The van der Waals surface area contributed by atoms with E-state index in [-0.39, 0.29) is 5.92 Å². The van der Waals surface area contributed by atoms with Gasteiger partial charge in [0.25, 0.3) is 0 Å². The molecule has 3 nitrogen and oxygen atoms in total. The summed E-state index contributed by atoms with van der Waals surface area (Å²) >= 11 is 0. The van der Waals surface area contributed by atoms with Crippen LogP contribution in [0.15, 0.2) is 12.1 Å². The molecule has 2 saturated heterocycles. The summed E-state index contributed by atoms with van der Waals surface area (Å²) in [5.41, 5.74) is 2.75. The fourth-order valence-electron chi connectivity index (χ4n) is 3.84. The van der Waals surface area contributed by atoms with Gasteiger partial charge in [0.1, 0.15) is 0 Å². The van der Waals surface area contributed by atoms with Crippen LogP contribution in [0.2, 0.25) is 0 Å². The zero-order chi connectivity index (χ0) is 13.6. The largest absolute Gasteiger partial charge is 0.300 e. The molecule has 102 valence electrons. The van der Waals surface area contributed by atoms with Crippen LogP contribution in [0.4, 0.5) is 0 Å². The van der Waals surface area contributed by atoms with Crippen LogP contribution in [0.3, 0.4) is 0 Å². The molecule has 2 aliphatic heterocycles. The molecule has 1 aromatic heterocycles. The van der Waals surface area contributed by atoms with Crippen LogP contribution in [0, 0.1) is 19.8 Å². The molecule has 3 heterocycles. The molecule has 2 bridgehead atoms. The third-order valence-electron chi connectivity index (χ3n) is 4.84. The number of pyridine rings is 1. The zero-order valence-corrected chi connectivity index (χ0v) is 12.0. The molecule has 0 amide bonds. The Morgan fingerprint density at radius 2 is 1.68 bits per heavy atom. The fourth-order valence-corrected chi connectivity index (χ4v) is 3.84. The number of aromatic nitrogens is 1. The van der Waals surface area contributed by atoms with Crippen LogP contribution in [0.25, 0.3) is 0 Å². The maximum absolute atomic E-state index is 12.7. The first kappa shape index (κ1) is 12.8. The van der Waals surface area contributed by atoms with Crippen molar-refractivity contribution in [1.82, 2.24) is 9.88 Å². The molecule has 2 aliphatic rings. The lowest BCUT2D eigenvalue weighted by atomic mass is 9.85. The van der Waals surface area contributed by atoms with Crippen LogP contribution in [-0.4, -0.2) is 34.8 Å². The summed E-state index contributed by atoms with van der Waals surface area (Å²) in [4.78, 5) is 19.5. The van der Waals surface area contributed by atoms with Crippen molar-refractivity contribution in [1.29, 1.82) is 0 Å². The molecule has 0 spiro atoms. The molecule has 3 heteroatoms. The van der Waals surface area contributed by atoms with E-state index < -0.39 is 0 Å². The third kappa shape index (κ3) is 2.32. The van der Waals surface area contributed by atoms with Crippen molar-refractivity contribution in [3.8, 4) is 0 Å². The molecule has 0 aliphatic carbocycles. The van der Waals surface area contributed by atoms with E-state index in [1.165, 1.54) is 12.8 Å². The Kier molecular flexibility index (Phi) is 3.17. The SMILES string of the molecule is Cc1cc(C(=O)C2CC3CCC(C2)N3C)cc(C)n1. The summed E-state index contributed by atoms with van der Waals surface area (Å²) in [6.45, 7) is 3.92. The highest BCUT2D eigenvalue weighted by Crippen LogP contribution is 2.38. The Hall–Kier alpha value is -1.22. The molecule has 19 heavy (non-hydrogen) atoms. The van der Waals surface area contributed by atoms with E-state index in [0.717, 1.165) is 29.8 Å². The van der Waals surface area contributed by atoms with Gasteiger partial charge >= 0.3 is 0 Å². The molecule has 3 rings (SSSR count). The van der Waals surface area contributed by atoms with E-state index in [1.807, 2.05) is 26.0 Å². The number of fused-ring (bicyclic) bond motifs is 2. The summed E-state index contributed by atoms with van der Waals surface area (Å²) in [7, 11) is 2.21. The number of Topliss-reactive ketones (excluding diaryl/α,β-unsaturated/α-hetero) is 1. The summed E-state index contributed by atoms with van der Waals surface area (Å²) in [6, 6.07) is 5.12. The van der Waals surface area contributed by atoms with Gasteiger partial charge in [-0.3, -0.25) is 9.78 Å². The van der Waals surface area contributed by atoms with Crippen molar-refractivity contribution in [2.45, 2.75) is 51.6 Å². The van der Waals surface area contributed by atoms with Crippen LogP contribution >= 0.6 is 0 Å². The van der Waals surface area contributed by atoms with E-state index in [1.54, 1.807) is 0 Å². The van der Waals surface area contributed by atoms with E-state index in [9.17, 15) is 4.79 Å². The second-order valence-electron chi connectivity index (χ2n) is 6.22. The summed E-state index contributed by atoms with van der Waals surface area (Å²) in [6.07, 6.45) is 4.59. The van der Waals surface area contributed by atoms with E-state index in [4.69, 9.17) is 0 Å². The first-order chi connectivity index (χ1) is 9.04. The van der Waals surface area contributed by atoms with Crippen molar-refractivity contribution in [2.75, 3.05) is 7.05 Å². The van der Waals surface area contributed by atoms with E-state index >= 15 is 0 Å². The van der Waals surface area contributed by atoms with Gasteiger partial charge in [-0.05, 0) is 58.7 Å². The Morgan fingerprint density at radius 3 is 2.21 bits per heavy atom. The molecule has 2 unspecified atom stereocenters. The molecule has 0 aromatic carbocycles. The highest BCUT2D eigenvalue weighted by Gasteiger charge is 2.40. The minimum Gasteiger partial charge on any atom is -0.300 e. The maximum Gasteiger partial charge on any atom is 0.166 e. The Bertz CT molecular complexity index is 477. The minimum absolute atomic E-state index is 0.217. The molecule has 0 saturated carbocycles. The predicted molar refractivity (Wildman–Crippen MR) is 75.3 cm³/mol.